The van der Waals surface area contributed by atoms with Crippen molar-refractivity contribution in [3.8, 4) is 0 Å². The van der Waals surface area contributed by atoms with Crippen molar-refractivity contribution in [1.82, 2.24) is 0 Å². The van der Waals surface area contributed by atoms with Crippen molar-refractivity contribution in [2.24, 2.45) is 5.73 Å². The fourth-order valence-electron chi connectivity index (χ4n) is 1.27. The van der Waals surface area contributed by atoms with Gasteiger partial charge in [-0.2, -0.15) is 0 Å². The Bertz CT molecular complexity index is 333. The van der Waals surface area contributed by atoms with E-state index >= 15 is 0 Å². The molecule has 1 aromatic rings. The molecule has 0 fully saturated rings. The standard InChI is InChI=1S/C11H17NO2S/c1-7(2)10-5-4-8(15-10)6-9(12)11(13)14-3/h4-5,7,9H,6,12H2,1-3H3/t9-/m0/s1. The van der Waals surface area contributed by atoms with Crippen molar-refractivity contribution in [3.05, 3.63) is 21.9 Å². The second-order valence-corrected chi connectivity index (χ2v) is 4.99. The molecule has 0 saturated heterocycles. The van der Waals surface area contributed by atoms with Gasteiger partial charge in [0, 0.05) is 16.2 Å². The van der Waals surface area contributed by atoms with Crippen LogP contribution in [0.25, 0.3) is 0 Å². The van der Waals surface area contributed by atoms with Gasteiger partial charge in [0.05, 0.1) is 7.11 Å². The first kappa shape index (κ1) is 12.2. The fourth-order valence-corrected chi connectivity index (χ4v) is 2.34. The maximum Gasteiger partial charge on any atom is 0.323 e. The number of hydrogen-bond donors (Lipinski definition) is 1. The van der Waals surface area contributed by atoms with Crippen molar-refractivity contribution in [3.63, 3.8) is 0 Å². The third kappa shape index (κ3) is 3.32. The molecule has 0 aliphatic rings. The van der Waals surface area contributed by atoms with E-state index in [9.17, 15) is 4.79 Å². The minimum Gasteiger partial charge on any atom is -0.468 e. The summed E-state index contributed by atoms with van der Waals surface area (Å²) >= 11 is 1.71. The Balaban J connectivity index is 2.61. The normalized spacial score (nSPS) is 12.9. The molecule has 4 heteroatoms. The zero-order chi connectivity index (χ0) is 11.4. The van der Waals surface area contributed by atoms with Crippen LogP contribution in [0.2, 0.25) is 0 Å². The summed E-state index contributed by atoms with van der Waals surface area (Å²) in [5.41, 5.74) is 5.68. The van der Waals surface area contributed by atoms with Gasteiger partial charge in [0.2, 0.25) is 0 Å². The number of hydrogen-bond acceptors (Lipinski definition) is 4. The largest absolute Gasteiger partial charge is 0.468 e. The summed E-state index contributed by atoms with van der Waals surface area (Å²) in [6.07, 6.45) is 0.560. The zero-order valence-electron chi connectivity index (χ0n) is 9.32. The summed E-state index contributed by atoms with van der Waals surface area (Å²) in [4.78, 5) is 13.6. The predicted molar refractivity (Wildman–Crippen MR) is 62.1 cm³/mol. The van der Waals surface area contributed by atoms with E-state index < -0.39 is 6.04 Å². The molecule has 0 aliphatic carbocycles. The Morgan fingerprint density at radius 3 is 2.67 bits per heavy atom. The molecule has 15 heavy (non-hydrogen) atoms. The highest BCUT2D eigenvalue weighted by Gasteiger charge is 2.15. The van der Waals surface area contributed by atoms with Gasteiger partial charge in [0.25, 0.3) is 0 Å². The summed E-state index contributed by atoms with van der Waals surface area (Å²) in [7, 11) is 1.36. The van der Waals surface area contributed by atoms with Crippen LogP contribution in [-0.4, -0.2) is 19.1 Å². The van der Waals surface area contributed by atoms with Gasteiger partial charge in [-0.3, -0.25) is 4.79 Å². The Labute approximate surface area is 94.2 Å². The van der Waals surface area contributed by atoms with E-state index in [1.54, 1.807) is 11.3 Å². The molecule has 0 bridgehead atoms. The molecule has 1 rings (SSSR count). The molecule has 0 spiro atoms. The topological polar surface area (TPSA) is 52.3 Å². The van der Waals surface area contributed by atoms with Crippen molar-refractivity contribution in [1.29, 1.82) is 0 Å². The summed E-state index contributed by atoms with van der Waals surface area (Å²) in [5, 5.41) is 0. The Kier molecular flexibility index (Phi) is 4.29. The minimum atomic E-state index is -0.548. The Hall–Kier alpha value is -0.870. The quantitative estimate of drug-likeness (QED) is 0.799. The molecule has 3 nitrogen and oxygen atoms in total. The van der Waals surface area contributed by atoms with Crippen molar-refractivity contribution >= 4 is 17.3 Å². The van der Waals surface area contributed by atoms with Crippen LogP contribution in [0.15, 0.2) is 12.1 Å². The lowest BCUT2D eigenvalue weighted by Gasteiger charge is -2.06. The van der Waals surface area contributed by atoms with Gasteiger partial charge in [-0.15, -0.1) is 11.3 Å². The van der Waals surface area contributed by atoms with E-state index in [1.165, 1.54) is 12.0 Å². The van der Waals surface area contributed by atoms with Crippen LogP contribution in [0.4, 0.5) is 0 Å². The van der Waals surface area contributed by atoms with E-state index in [0.717, 1.165) is 4.88 Å². The maximum absolute atomic E-state index is 11.1. The van der Waals surface area contributed by atoms with Crippen molar-refractivity contribution in [2.45, 2.75) is 32.2 Å². The van der Waals surface area contributed by atoms with Crippen molar-refractivity contribution in [2.75, 3.05) is 7.11 Å². The molecule has 0 amide bonds. The van der Waals surface area contributed by atoms with E-state index in [2.05, 4.69) is 24.7 Å². The Morgan fingerprint density at radius 1 is 1.53 bits per heavy atom. The van der Waals surface area contributed by atoms with Crippen LogP contribution in [0.5, 0.6) is 0 Å². The molecule has 0 saturated carbocycles. The van der Waals surface area contributed by atoms with Crippen LogP contribution < -0.4 is 5.73 Å². The minimum absolute atomic E-state index is 0.352. The molecule has 84 valence electrons. The van der Waals surface area contributed by atoms with Gasteiger partial charge in [-0.05, 0) is 18.1 Å². The van der Waals surface area contributed by atoms with E-state index in [4.69, 9.17) is 5.73 Å². The molecule has 2 N–H and O–H groups in total. The summed E-state index contributed by atoms with van der Waals surface area (Å²) < 4.78 is 4.58. The molecular weight excluding hydrogens is 210 g/mol. The molecule has 0 aliphatic heterocycles. The number of rotatable bonds is 4. The van der Waals surface area contributed by atoms with Gasteiger partial charge < -0.3 is 10.5 Å². The van der Waals surface area contributed by atoms with Gasteiger partial charge in [-0.25, -0.2) is 0 Å². The van der Waals surface area contributed by atoms with Gasteiger partial charge in [0.1, 0.15) is 6.04 Å². The van der Waals surface area contributed by atoms with Crippen molar-refractivity contribution < 1.29 is 9.53 Å². The summed E-state index contributed by atoms with van der Waals surface area (Å²) in [6, 6.07) is 3.57. The first-order valence-electron chi connectivity index (χ1n) is 4.96. The lowest BCUT2D eigenvalue weighted by atomic mass is 10.1. The highest BCUT2D eigenvalue weighted by atomic mass is 32.1. The molecule has 1 heterocycles. The maximum atomic E-state index is 11.1. The summed E-state index contributed by atoms with van der Waals surface area (Å²) in [5.74, 6) is 0.174. The highest BCUT2D eigenvalue weighted by molar-refractivity contribution is 7.12. The van der Waals surface area contributed by atoms with Crippen LogP contribution >= 0.6 is 11.3 Å². The number of esters is 1. The zero-order valence-corrected chi connectivity index (χ0v) is 10.1. The lowest BCUT2D eigenvalue weighted by molar-refractivity contribution is -0.142. The number of ether oxygens (including phenoxy) is 1. The van der Waals surface area contributed by atoms with Crippen LogP contribution in [0.1, 0.15) is 29.5 Å². The predicted octanol–water partition coefficient (Wildman–Crippen LogP) is 1.91. The van der Waals surface area contributed by atoms with E-state index in [0.29, 0.717) is 12.3 Å². The second kappa shape index (κ2) is 5.28. The van der Waals surface area contributed by atoms with E-state index in [-0.39, 0.29) is 5.97 Å². The number of carbonyl (C=O) groups excluding carboxylic acids is 1. The van der Waals surface area contributed by atoms with Crippen LogP contribution in [0, 0.1) is 0 Å². The first-order valence-corrected chi connectivity index (χ1v) is 5.78. The number of nitrogens with two attached hydrogens (primary N) is 1. The molecular formula is C11H17NO2S. The average Bonchev–Trinajstić information content (AvgIpc) is 2.65. The third-order valence-corrected chi connectivity index (χ3v) is 3.58. The highest BCUT2D eigenvalue weighted by Crippen LogP contribution is 2.24. The van der Waals surface area contributed by atoms with Gasteiger partial charge in [0.15, 0.2) is 0 Å². The number of carbonyl (C=O) groups is 1. The van der Waals surface area contributed by atoms with Crippen LogP contribution in [-0.2, 0) is 16.0 Å². The molecule has 0 unspecified atom stereocenters. The molecule has 0 aromatic carbocycles. The molecule has 1 atom stereocenters. The number of thiophene rings is 1. The van der Waals surface area contributed by atoms with Crippen LogP contribution in [0.3, 0.4) is 0 Å². The summed E-state index contributed by atoms with van der Waals surface area (Å²) in [6.45, 7) is 4.30. The molecule has 0 radical (unpaired) electrons. The average molecular weight is 227 g/mol. The fraction of sp³-hybridized carbons (Fsp3) is 0.545. The third-order valence-electron chi connectivity index (χ3n) is 2.18. The number of methoxy groups -OCH3 is 1. The van der Waals surface area contributed by atoms with Gasteiger partial charge >= 0.3 is 5.97 Å². The van der Waals surface area contributed by atoms with Gasteiger partial charge in [-0.1, -0.05) is 13.8 Å². The SMILES string of the molecule is COC(=O)[C@@H](N)Cc1ccc(C(C)C)s1. The first-order chi connectivity index (χ1) is 7.04. The molecule has 1 aromatic heterocycles. The Morgan fingerprint density at radius 2 is 2.20 bits per heavy atom. The lowest BCUT2D eigenvalue weighted by Crippen LogP contribution is -2.33. The van der Waals surface area contributed by atoms with E-state index in [1.807, 2.05) is 6.07 Å². The monoisotopic (exact) mass is 227 g/mol. The second-order valence-electron chi connectivity index (χ2n) is 3.79. The smallest absolute Gasteiger partial charge is 0.323 e.